The van der Waals surface area contributed by atoms with E-state index >= 15 is 0 Å². The fraction of sp³-hybridized carbons (Fsp3) is 0.263. The Kier molecular flexibility index (Phi) is 6.12. The van der Waals surface area contributed by atoms with Crippen LogP contribution in [0.4, 0.5) is 5.69 Å². The van der Waals surface area contributed by atoms with Gasteiger partial charge in [0.2, 0.25) is 5.91 Å². The van der Waals surface area contributed by atoms with Gasteiger partial charge >= 0.3 is 0 Å². The molecule has 1 atom stereocenters. The van der Waals surface area contributed by atoms with E-state index in [9.17, 15) is 9.59 Å². The van der Waals surface area contributed by atoms with Crippen molar-refractivity contribution in [3.05, 3.63) is 58.1 Å². The number of nitrogens with zero attached hydrogens (tertiary/aromatic N) is 1. The lowest BCUT2D eigenvalue weighted by molar-refractivity contribution is -0.119. The zero-order valence-corrected chi connectivity index (χ0v) is 16.5. The Hall–Kier alpha value is -1.69. The summed E-state index contributed by atoms with van der Waals surface area (Å²) < 4.78 is 0. The molecule has 0 aliphatic carbocycles. The fourth-order valence-corrected chi connectivity index (χ4v) is 4.23. The second kappa shape index (κ2) is 8.33. The summed E-state index contributed by atoms with van der Waals surface area (Å²) in [6, 6.07) is 11.8. The summed E-state index contributed by atoms with van der Waals surface area (Å²) in [5, 5.41) is 3.71. The maximum atomic E-state index is 13.0. The van der Waals surface area contributed by atoms with Crippen molar-refractivity contribution in [1.29, 1.82) is 0 Å². The maximum absolute atomic E-state index is 13.0. The van der Waals surface area contributed by atoms with Crippen molar-refractivity contribution in [2.75, 3.05) is 18.1 Å². The molecule has 1 aliphatic heterocycles. The van der Waals surface area contributed by atoms with E-state index in [1.165, 1.54) is 11.8 Å². The van der Waals surface area contributed by atoms with Crippen LogP contribution >= 0.6 is 35.0 Å². The molecule has 0 spiro atoms. The number of carbonyl (C=O) groups excluding carboxylic acids is 2. The van der Waals surface area contributed by atoms with E-state index < -0.39 is 6.04 Å². The predicted molar refractivity (Wildman–Crippen MR) is 107 cm³/mol. The number of hydrogen-bond donors (Lipinski definition) is 1. The summed E-state index contributed by atoms with van der Waals surface area (Å²) >= 11 is 13.5. The second-order valence-corrected chi connectivity index (χ2v) is 7.73. The van der Waals surface area contributed by atoms with Crippen molar-refractivity contribution in [2.24, 2.45) is 0 Å². The molecule has 136 valence electrons. The quantitative estimate of drug-likeness (QED) is 0.727. The second-order valence-electron chi connectivity index (χ2n) is 6.00. The van der Waals surface area contributed by atoms with E-state index in [0.717, 1.165) is 11.3 Å². The zero-order valence-electron chi connectivity index (χ0n) is 14.2. The van der Waals surface area contributed by atoms with Gasteiger partial charge in [-0.2, -0.15) is 0 Å². The first-order valence-corrected chi connectivity index (χ1v) is 10.2. The van der Waals surface area contributed by atoms with E-state index in [1.54, 1.807) is 29.2 Å². The molecule has 2 amide bonds. The number of nitrogens with one attached hydrogen (secondary N) is 1. The molecule has 7 heteroatoms. The Morgan fingerprint density at radius 2 is 1.85 bits per heavy atom. The normalized spacial score (nSPS) is 16.6. The standard InChI is InChI=1S/C19H18Cl2N2O2S/c1-26-17-7-3-2-5-15(17)19(25)23-8-4-6-16(23)18(24)22-14-10-12(20)9-13(21)11-14/h2-3,5,7,9-11,16H,4,6,8H2,1H3,(H,22,24). The van der Waals surface area contributed by atoms with Gasteiger partial charge in [0.1, 0.15) is 6.04 Å². The molecule has 0 aromatic heterocycles. The number of anilines is 1. The lowest BCUT2D eigenvalue weighted by Gasteiger charge is -2.25. The Morgan fingerprint density at radius 3 is 2.54 bits per heavy atom. The molecule has 1 saturated heterocycles. The van der Waals surface area contributed by atoms with Crippen LogP contribution in [0.25, 0.3) is 0 Å². The van der Waals surface area contributed by atoms with Gasteiger partial charge < -0.3 is 10.2 Å². The Morgan fingerprint density at radius 1 is 1.15 bits per heavy atom. The molecule has 1 N–H and O–H groups in total. The first kappa shape index (κ1) is 19.1. The van der Waals surface area contributed by atoms with Crippen molar-refractivity contribution >= 4 is 52.5 Å². The average Bonchev–Trinajstić information content (AvgIpc) is 3.10. The molecule has 4 nitrogen and oxygen atoms in total. The third-order valence-electron chi connectivity index (χ3n) is 4.28. The van der Waals surface area contributed by atoms with Crippen molar-refractivity contribution < 1.29 is 9.59 Å². The van der Waals surface area contributed by atoms with Crippen LogP contribution in [0.5, 0.6) is 0 Å². The molecule has 2 aromatic carbocycles. The first-order chi connectivity index (χ1) is 12.5. The summed E-state index contributed by atoms with van der Waals surface area (Å²) in [5.41, 5.74) is 1.15. The topological polar surface area (TPSA) is 49.4 Å². The van der Waals surface area contributed by atoms with Crippen LogP contribution < -0.4 is 5.32 Å². The lowest BCUT2D eigenvalue weighted by Crippen LogP contribution is -2.43. The molecule has 1 fully saturated rings. The summed E-state index contributed by atoms with van der Waals surface area (Å²) in [7, 11) is 0. The minimum Gasteiger partial charge on any atom is -0.327 e. The van der Waals surface area contributed by atoms with E-state index in [2.05, 4.69) is 5.32 Å². The van der Waals surface area contributed by atoms with E-state index in [4.69, 9.17) is 23.2 Å². The number of rotatable bonds is 4. The Balaban J connectivity index is 1.79. The van der Waals surface area contributed by atoms with Gasteiger partial charge in [0.15, 0.2) is 0 Å². The van der Waals surface area contributed by atoms with Gasteiger partial charge in [-0.3, -0.25) is 9.59 Å². The van der Waals surface area contributed by atoms with Crippen LogP contribution in [-0.2, 0) is 4.79 Å². The van der Waals surface area contributed by atoms with E-state index in [0.29, 0.717) is 34.3 Å². The molecule has 2 aromatic rings. The molecule has 1 unspecified atom stereocenters. The predicted octanol–water partition coefficient (Wildman–Crippen LogP) is 4.96. The molecule has 26 heavy (non-hydrogen) atoms. The van der Waals surface area contributed by atoms with Crippen LogP contribution in [0.3, 0.4) is 0 Å². The highest BCUT2D eigenvalue weighted by atomic mass is 35.5. The smallest absolute Gasteiger partial charge is 0.255 e. The van der Waals surface area contributed by atoms with Gasteiger partial charge in [0.25, 0.3) is 5.91 Å². The van der Waals surface area contributed by atoms with Gasteiger partial charge in [-0.05, 0) is 49.4 Å². The van der Waals surface area contributed by atoms with Crippen molar-refractivity contribution in [3.63, 3.8) is 0 Å². The van der Waals surface area contributed by atoms with Crippen LogP contribution in [0.15, 0.2) is 47.4 Å². The summed E-state index contributed by atoms with van der Waals surface area (Å²) in [5.74, 6) is -0.340. The number of thioether (sulfide) groups is 1. The number of likely N-dealkylation sites (tertiary alicyclic amines) is 1. The Labute approximate surface area is 166 Å². The minimum atomic E-state index is -0.504. The van der Waals surface area contributed by atoms with Gasteiger partial charge in [-0.1, -0.05) is 35.3 Å². The SMILES string of the molecule is CSc1ccccc1C(=O)N1CCCC1C(=O)Nc1cc(Cl)cc(Cl)c1. The monoisotopic (exact) mass is 408 g/mol. The van der Waals surface area contributed by atoms with E-state index in [1.807, 2.05) is 24.5 Å². The summed E-state index contributed by atoms with van der Waals surface area (Å²) in [6.07, 6.45) is 3.36. The van der Waals surface area contributed by atoms with Crippen LogP contribution in [-0.4, -0.2) is 35.6 Å². The van der Waals surface area contributed by atoms with Crippen LogP contribution in [0, 0.1) is 0 Å². The first-order valence-electron chi connectivity index (χ1n) is 8.20. The number of carbonyl (C=O) groups is 2. The van der Waals surface area contributed by atoms with Gasteiger partial charge in [-0.15, -0.1) is 11.8 Å². The molecule has 3 rings (SSSR count). The fourth-order valence-electron chi connectivity index (χ4n) is 3.11. The third-order valence-corrected chi connectivity index (χ3v) is 5.52. The third kappa shape index (κ3) is 4.17. The molecule has 0 bridgehead atoms. The lowest BCUT2D eigenvalue weighted by atomic mass is 10.1. The molecular weight excluding hydrogens is 391 g/mol. The minimum absolute atomic E-state index is 0.114. The maximum Gasteiger partial charge on any atom is 0.255 e. The highest BCUT2D eigenvalue weighted by Gasteiger charge is 2.35. The zero-order chi connectivity index (χ0) is 18.7. The van der Waals surface area contributed by atoms with Gasteiger partial charge in [0.05, 0.1) is 5.56 Å². The molecule has 1 heterocycles. The summed E-state index contributed by atoms with van der Waals surface area (Å²) in [6.45, 7) is 0.565. The van der Waals surface area contributed by atoms with Crippen molar-refractivity contribution in [2.45, 2.75) is 23.8 Å². The van der Waals surface area contributed by atoms with Crippen molar-refractivity contribution in [1.82, 2.24) is 4.90 Å². The number of hydrogen-bond acceptors (Lipinski definition) is 3. The van der Waals surface area contributed by atoms with E-state index in [-0.39, 0.29) is 11.8 Å². The highest BCUT2D eigenvalue weighted by Crippen LogP contribution is 2.27. The largest absolute Gasteiger partial charge is 0.327 e. The Bertz CT molecular complexity index is 824. The highest BCUT2D eigenvalue weighted by molar-refractivity contribution is 7.98. The van der Waals surface area contributed by atoms with Crippen molar-refractivity contribution in [3.8, 4) is 0 Å². The molecular formula is C19H18Cl2N2O2S. The van der Waals surface area contributed by atoms with Crippen LogP contribution in [0.2, 0.25) is 10.0 Å². The molecule has 0 radical (unpaired) electrons. The molecule has 1 aliphatic rings. The number of amides is 2. The van der Waals surface area contributed by atoms with Gasteiger partial charge in [-0.25, -0.2) is 0 Å². The summed E-state index contributed by atoms with van der Waals surface area (Å²) in [4.78, 5) is 28.3. The number of halogens is 2. The number of benzene rings is 2. The van der Waals surface area contributed by atoms with Gasteiger partial charge in [0, 0.05) is 27.2 Å². The average molecular weight is 409 g/mol. The molecule has 0 saturated carbocycles. The van der Waals surface area contributed by atoms with Crippen LogP contribution in [0.1, 0.15) is 23.2 Å².